The monoisotopic (exact) mass is 538 g/mol. The molecule has 1 aliphatic heterocycles. The molecule has 1 N–H and O–H groups in total. The van der Waals surface area contributed by atoms with Crippen molar-refractivity contribution in [2.24, 2.45) is 16.3 Å². The van der Waals surface area contributed by atoms with E-state index in [0.29, 0.717) is 28.7 Å². The first-order valence-electron chi connectivity index (χ1n) is 13.2. The first-order valence-corrected chi connectivity index (χ1v) is 14.0. The van der Waals surface area contributed by atoms with Gasteiger partial charge in [-0.15, -0.1) is 11.3 Å². The molecular weight excluding hydrogens is 508 g/mol. The number of hydrogen-bond acceptors (Lipinski definition) is 6. The summed E-state index contributed by atoms with van der Waals surface area (Å²) in [5.74, 6) is 1.75. The summed E-state index contributed by atoms with van der Waals surface area (Å²) in [5, 5.41) is 14.7. The first kappa shape index (κ1) is 25.2. The summed E-state index contributed by atoms with van der Waals surface area (Å²) in [4.78, 5) is 19.0. The molecule has 0 unspecified atom stereocenters. The van der Waals surface area contributed by atoms with E-state index in [4.69, 9.17) is 14.5 Å². The lowest BCUT2D eigenvalue weighted by Crippen LogP contribution is -2.26. The van der Waals surface area contributed by atoms with Gasteiger partial charge >= 0.3 is 0 Å². The Labute approximate surface area is 231 Å². The molecule has 1 atom stereocenters. The number of aromatic nitrogens is 1. The molecule has 8 heteroatoms. The molecule has 0 spiro atoms. The van der Waals surface area contributed by atoms with Gasteiger partial charge in [-0.25, -0.2) is 4.99 Å². The minimum atomic E-state index is -0.149. The molecule has 198 valence electrons. The van der Waals surface area contributed by atoms with Crippen LogP contribution in [0.5, 0.6) is 11.5 Å². The predicted octanol–water partition coefficient (Wildman–Crippen LogP) is 6.84. The zero-order valence-corrected chi connectivity index (χ0v) is 23.1. The molecular formula is C31H30N4O3S. The molecule has 0 saturated heterocycles. The van der Waals surface area contributed by atoms with Crippen LogP contribution in [0.3, 0.4) is 0 Å². The number of amides is 1. The zero-order chi connectivity index (χ0) is 27.1. The predicted molar refractivity (Wildman–Crippen MR) is 154 cm³/mol. The number of benzene rings is 2. The molecule has 4 aromatic rings. The van der Waals surface area contributed by atoms with Crippen molar-refractivity contribution in [2.45, 2.75) is 46.6 Å². The summed E-state index contributed by atoms with van der Waals surface area (Å²) in [5.41, 5.74) is 4.64. The quantitative estimate of drug-likeness (QED) is 0.282. The zero-order valence-electron chi connectivity index (χ0n) is 22.3. The van der Waals surface area contributed by atoms with Crippen molar-refractivity contribution in [1.29, 1.82) is 5.26 Å². The second kappa shape index (κ2) is 9.90. The highest BCUT2D eigenvalue weighted by Crippen LogP contribution is 2.45. The van der Waals surface area contributed by atoms with Crippen molar-refractivity contribution in [3.05, 3.63) is 70.2 Å². The van der Waals surface area contributed by atoms with Crippen molar-refractivity contribution in [3.63, 3.8) is 0 Å². The van der Waals surface area contributed by atoms with E-state index < -0.39 is 0 Å². The number of carbonyl (C=O) groups is 1. The number of para-hydroxylation sites is 1. The number of ether oxygens (including phenoxy) is 2. The molecule has 2 aromatic heterocycles. The number of hydrogen-bond donors (Lipinski definition) is 1. The maximum atomic E-state index is 12.9. The molecule has 6 rings (SSSR count). The summed E-state index contributed by atoms with van der Waals surface area (Å²) in [6, 6.07) is 15.7. The molecule has 0 radical (unpaired) electrons. The molecule has 1 aliphatic carbocycles. The van der Waals surface area contributed by atoms with Gasteiger partial charge in [0.15, 0.2) is 11.5 Å². The Morgan fingerprint density at radius 1 is 1.23 bits per heavy atom. The molecule has 1 amide bonds. The molecule has 0 bridgehead atoms. The van der Waals surface area contributed by atoms with Crippen LogP contribution in [0.4, 0.5) is 10.7 Å². The average molecular weight is 539 g/mol. The van der Waals surface area contributed by atoms with Crippen molar-refractivity contribution in [1.82, 2.24) is 4.57 Å². The largest absolute Gasteiger partial charge is 0.454 e. The summed E-state index contributed by atoms with van der Waals surface area (Å²) < 4.78 is 12.7. The van der Waals surface area contributed by atoms with Crippen molar-refractivity contribution in [2.75, 3.05) is 12.1 Å². The number of carbonyl (C=O) groups excluding carboxylic acids is 1. The van der Waals surface area contributed by atoms with Crippen LogP contribution in [0, 0.1) is 22.7 Å². The fourth-order valence-electron chi connectivity index (χ4n) is 5.48. The Kier molecular flexibility index (Phi) is 6.40. The van der Waals surface area contributed by atoms with E-state index in [1.165, 1.54) is 10.4 Å². The van der Waals surface area contributed by atoms with E-state index in [0.717, 1.165) is 40.7 Å². The van der Waals surface area contributed by atoms with Gasteiger partial charge in [-0.1, -0.05) is 39.0 Å². The molecule has 0 fully saturated rings. The summed E-state index contributed by atoms with van der Waals surface area (Å²) in [6.45, 7) is 7.23. The standard InChI is InChI=1S/C31H30N4O3S/c1-31(2,3)20-8-10-23-24(14-32)30(39-28(23)12-20)33-15-19-16-35(25-7-5-4-6-22(19)25)17-29(36)34-21-9-11-26-27(13-21)38-18-37-26/h4-7,9,11,13,15-16,20H,8,10,12,17-18H2,1-3H3,(H,34,36)/t20-/m1/s1. The Morgan fingerprint density at radius 2 is 2.05 bits per heavy atom. The van der Waals surface area contributed by atoms with Crippen LogP contribution < -0.4 is 14.8 Å². The maximum absolute atomic E-state index is 12.9. The Hall–Kier alpha value is -4.09. The summed E-state index contributed by atoms with van der Waals surface area (Å²) >= 11 is 1.65. The second-order valence-corrected chi connectivity index (χ2v) is 12.3. The molecule has 39 heavy (non-hydrogen) atoms. The number of nitrogens with one attached hydrogen (secondary N) is 1. The number of thiophene rings is 1. The van der Waals surface area contributed by atoms with Gasteiger partial charge in [0.25, 0.3) is 0 Å². The second-order valence-electron chi connectivity index (χ2n) is 11.2. The summed E-state index contributed by atoms with van der Waals surface area (Å²) in [6.07, 6.45) is 6.82. The van der Waals surface area contributed by atoms with Crippen LogP contribution in [0.15, 0.2) is 53.7 Å². The molecule has 0 saturated carbocycles. The Bertz CT molecular complexity index is 1650. The normalized spacial score (nSPS) is 16.4. The maximum Gasteiger partial charge on any atom is 0.244 e. The minimum absolute atomic E-state index is 0.147. The van der Waals surface area contributed by atoms with E-state index in [-0.39, 0.29) is 24.7 Å². The average Bonchev–Trinajstić information content (AvgIpc) is 3.61. The van der Waals surface area contributed by atoms with E-state index in [1.807, 2.05) is 41.2 Å². The van der Waals surface area contributed by atoms with Crippen LogP contribution in [-0.2, 0) is 24.2 Å². The number of nitriles is 1. The van der Waals surface area contributed by atoms with Gasteiger partial charge in [0.05, 0.1) is 5.56 Å². The topological polar surface area (TPSA) is 88.6 Å². The highest BCUT2D eigenvalue weighted by molar-refractivity contribution is 7.16. The third-order valence-corrected chi connectivity index (χ3v) is 8.86. The molecule has 2 aliphatic rings. The fraction of sp³-hybridized carbons (Fsp3) is 0.323. The first-order chi connectivity index (χ1) is 18.8. The molecule has 3 heterocycles. The highest BCUT2D eigenvalue weighted by atomic mass is 32.1. The third kappa shape index (κ3) is 4.90. The van der Waals surface area contributed by atoms with Crippen LogP contribution in [0.1, 0.15) is 48.8 Å². The van der Waals surface area contributed by atoms with Gasteiger partial charge in [0.1, 0.15) is 17.6 Å². The molecule has 2 aromatic carbocycles. The number of fused-ring (bicyclic) bond motifs is 3. The molecule has 7 nitrogen and oxygen atoms in total. The van der Waals surface area contributed by atoms with Gasteiger partial charge in [0, 0.05) is 45.5 Å². The fourth-order valence-corrected chi connectivity index (χ4v) is 6.71. The number of rotatable bonds is 5. The smallest absolute Gasteiger partial charge is 0.244 e. The number of aliphatic imine (C=N–C) groups is 1. The van der Waals surface area contributed by atoms with Crippen LogP contribution >= 0.6 is 11.3 Å². The van der Waals surface area contributed by atoms with Gasteiger partial charge in [-0.05, 0) is 54.4 Å². The van der Waals surface area contributed by atoms with Gasteiger partial charge in [0.2, 0.25) is 12.7 Å². The van der Waals surface area contributed by atoms with Crippen LogP contribution in [0.2, 0.25) is 0 Å². The van der Waals surface area contributed by atoms with E-state index >= 15 is 0 Å². The van der Waals surface area contributed by atoms with Gasteiger partial charge in [-0.3, -0.25) is 4.79 Å². The lowest BCUT2D eigenvalue weighted by Gasteiger charge is -2.33. The van der Waals surface area contributed by atoms with E-state index in [2.05, 4.69) is 32.2 Å². The number of nitrogens with zero attached hydrogens (tertiary/aromatic N) is 3. The lowest BCUT2D eigenvalue weighted by molar-refractivity contribution is -0.116. The van der Waals surface area contributed by atoms with Crippen LogP contribution in [-0.4, -0.2) is 23.5 Å². The SMILES string of the molecule is CC(C)(C)[C@@H]1CCc2c(sc(N=Cc3cn(CC(=O)Nc4ccc5c(c4)OCO5)c4ccccc34)c2C#N)C1. The Morgan fingerprint density at radius 3 is 2.87 bits per heavy atom. The minimum Gasteiger partial charge on any atom is -0.454 e. The van der Waals surface area contributed by atoms with Crippen LogP contribution in [0.25, 0.3) is 10.9 Å². The summed E-state index contributed by atoms with van der Waals surface area (Å²) in [7, 11) is 0. The van der Waals surface area contributed by atoms with Crippen molar-refractivity contribution < 1.29 is 14.3 Å². The highest BCUT2D eigenvalue weighted by Gasteiger charge is 2.32. The van der Waals surface area contributed by atoms with E-state index in [9.17, 15) is 10.1 Å². The van der Waals surface area contributed by atoms with Crippen molar-refractivity contribution >= 4 is 45.0 Å². The number of anilines is 1. The third-order valence-electron chi connectivity index (χ3n) is 7.69. The lowest BCUT2D eigenvalue weighted by atomic mass is 9.72. The van der Waals surface area contributed by atoms with Gasteiger partial charge in [-0.2, -0.15) is 5.26 Å². The van der Waals surface area contributed by atoms with E-state index in [1.54, 1.807) is 29.5 Å². The van der Waals surface area contributed by atoms with Gasteiger partial charge < -0.3 is 19.4 Å². The van der Waals surface area contributed by atoms with Crippen molar-refractivity contribution in [3.8, 4) is 17.6 Å². The Balaban J connectivity index is 1.25.